The van der Waals surface area contributed by atoms with Gasteiger partial charge in [0, 0.05) is 40.4 Å². The van der Waals surface area contributed by atoms with Gasteiger partial charge < -0.3 is 0 Å². The van der Waals surface area contributed by atoms with Crippen LogP contribution in [0.15, 0.2) is 98.0 Å². The third-order valence-corrected chi connectivity index (χ3v) is 7.21. The smallest absolute Gasteiger partial charge is 0.271 e. The number of fused-ring (bicyclic) bond motifs is 2. The van der Waals surface area contributed by atoms with Gasteiger partial charge in [-0.15, -0.1) is 0 Å². The van der Waals surface area contributed by atoms with E-state index in [4.69, 9.17) is 11.6 Å². The van der Waals surface area contributed by atoms with Crippen molar-refractivity contribution in [2.45, 2.75) is 0 Å². The molecule has 0 aliphatic heterocycles. The number of aromatic nitrogens is 2. The van der Waals surface area contributed by atoms with Crippen molar-refractivity contribution in [3.8, 4) is 11.4 Å². The zero-order valence-electron chi connectivity index (χ0n) is 21.3. The van der Waals surface area contributed by atoms with Crippen molar-refractivity contribution >= 4 is 50.3 Å². The number of benzene rings is 4. The van der Waals surface area contributed by atoms with E-state index in [1.807, 2.05) is 0 Å². The number of hydrogen-bond acceptors (Lipinski definition) is 9. The summed E-state index contributed by atoms with van der Waals surface area (Å²) in [4.78, 5) is 90.1. The third-order valence-electron chi connectivity index (χ3n) is 6.96. The van der Waals surface area contributed by atoms with Crippen LogP contribution in [-0.2, 0) is 0 Å². The number of carbonyl (C=O) groups excluding carboxylic acids is 1. The van der Waals surface area contributed by atoms with E-state index in [0.717, 1.165) is 30.3 Å². The highest BCUT2D eigenvalue weighted by Gasteiger charge is 2.30. The molecule has 0 saturated heterocycles. The quantitative estimate of drug-likeness (QED) is 0.157. The normalized spacial score (nSPS) is 11.3. The zero-order valence-corrected chi connectivity index (χ0v) is 22.1. The van der Waals surface area contributed by atoms with Crippen molar-refractivity contribution in [3.05, 3.63) is 157 Å². The van der Waals surface area contributed by atoms with Crippen molar-refractivity contribution in [1.29, 1.82) is 0 Å². The molecule has 0 radical (unpaired) electrons. The highest BCUT2D eigenvalue weighted by Crippen LogP contribution is 2.27. The molecule has 0 aliphatic carbocycles. The lowest BCUT2D eigenvalue weighted by Crippen LogP contribution is -2.25. The second-order valence-electron chi connectivity index (χ2n) is 9.38. The van der Waals surface area contributed by atoms with Gasteiger partial charge in [-0.1, -0.05) is 23.7 Å². The molecule has 0 atom stereocenters. The van der Waals surface area contributed by atoms with Crippen LogP contribution in [0.5, 0.6) is 0 Å². The van der Waals surface area contributed by atoms with E-state index in [1.165, 1.54) is 48.5 Å². The van der Waals surface area contributed by atoms with E-state index in [1.54, 1.807) is 0 Å². The molecule has 2 heterocycles. The summed E-state index contributed by atoms with van der Waals surface area (Å²) in [6.07, 6.45) is 0. The second-order valence-corrected chi connectivity index (χ2v) is 9.81. The Labute approximate surface area is 242 Å². The summed E-state index contributed by atoms with van der Waals surface area (Å²) >= 11 is 5.96. The van der Waals surface area contributed by atoms with Crippen molar-refractivity contribution in [2.24, 2.45) is 0 Å². The number of non-ortho nitro benzene ring substituents is 2. The zero-order chi connectivity index (χ0) is 30.7. The molecule has 0 spiro atoms. The lowest BCUT2D eigenvalue weighted by atomic mass is 9.95. The fourth-order valence-corrected chi connectivity index (χ4v) is 5.17. The Balaban J connectivity index is 1.77. The van der Waals surface area contributed by atoms with Crippen LogP contribution in [0.2, 0.25) is 5.02 Å². The van der Waals surface area contributed by atoms with E-state index in [9.17, 15) is 44.2 Å². The van der Waals surface area contributed by atoms with Gasteiger partial charge in [-0.25, -0.2) is 9.13 Å². The van der Waals surface area contributed by atoms with Crippen LogP contribution >= 0.6 is 11.6 Å². The summed E-state index contributed by atoms with van der Waals surface area (Å²) in [5.74, 6) is -0.881. The van der Waals surface area contributed by atoms with E-state index < -0.39 is 65.6 Å². The second kappa shape index (κ2) is 9.78. The average molecular weight is 597 g/mol. The van der Waals surface area contributed by atoms with Crippen LogP contribution in [-0.4, -0.2) is 24.8 Å². The number of ketones is 1. The fraction of sp³-hybridized carbons (Fsp3) is 0. The van der Waals surface area contributed by atoms with E-state index in [0.29, 0.717) is 9.13 Å². The van der Waals surface area contributed by atoms with Gasteiger partial charge in [-0.2, -0.15) is 0 Å². The number of nitro groups is 2. The molecule has 210 valence electrons. The minimum absolute atomic E-state index is 0.0249. The number of nitrogens with zero attached hydrogens (tertiary/aromatic N) is 4. The molecule has 0 unspecified atom stereocenters. The first-order chi connectivity index (χ1) is 20.5. The maximum absolute atomic E-state index is 14.0. The largest absolute Gasteiger partial charge is 0.289 e. The van der Waals surface area contributed by atoms with Gasteiger partial charge in [0.05, 0.1) is 42.8 Å². The van der Waals surface area contributed by atoms with Gasteiger partial charge in [0.1, 0.15) is 0 Å². The summed E-state index contributed by atoms with van der Waals surface area (Å²) < 4.78 is 1.25. The summed E-state index contributed by atoms with van der Waals surface area (Å²) in [6, 6.07) is 15.9. The number of rotatable bonds is 6. The lowest BCUT2D eigenvalue weighted by molar-refractivity contribution is -0.385. The molecule has 6 aromatic rings. The van der Waals surface area contributed by atoms with Gasteiger partial charge in [-0.3, -0.25) is 44.2 Å². The predicted molar refractivity (Wildman–Crippen MR) is 156 cm³/mol. The lowest BCUT2D eigenvalue weighted by Gasteiger charge is -2.05. The van der Waals surface area contributed by atoms with E-state index in [-0.39, 0.29) is 32.7 Å². The Bertz CT molecular complexity index is 2280. The van der Waals surface area contributed by atoms with Crippen LogP contribution in [0.3, 0.4) is 0 Å². The maximum Gasteiger partial charge on any atom is 0.271 e. The number of nitro benzene ring substituents is 2. The Morgan fingerprint density at radius 2 is 1.07 bits per heavy atom. The Morgan fingerprint density at radius 1 is 0.628 bits per heavy atom. The van der Waals surface area contributed by atoms with Gasteiger partial charge in [0.15, 0.2) is 5.78 Å². The van der Waals surface area contributed by atoms with Crippen LogP contribution in [0.4, 0.5) is 11.4 Å². The van der Waals surface area contributed by atoms with E-state index in [2.05, 4.69) is 0 Å². The summed E-state index contributed by atoms with van der Waals surface area (Å²) in [6.45, 7) is 0. The molecular weight excluding hydrogens is 584 g/mol. The van der Waals surface area contributed by atoms with E-state index >= 15 is 0 Å². The molecule has 0 fully saturated rings. The topological polar surface area (TPSA) is 181 Å². The van der Waals surface area contributed by atoms with Crippen LogP contribution in [0, 0.1) is 20.2 Å². The standard InChI is InChI=1S/C29H13ClN4O9/c30-15-9-7-14(8-10-15)25(35)24-22-20(26(36)31(28(22)38)16-3-1-5-18(11-16)33(40)41)13-21-23(24)29(39)32(27(21)37)17-4-2-6-19(12-17)34(42)43/h1-13H. The Morgan fingerprint density at radius 3 is 1.49 bits per heavy atom. The maximum atomic E-state index is 14.0. The summed E-state index contributed by atoms with van der Waals surface area (Å²) in [5, 5.41) is 21.2. The molecule has 13 nitrogen and oxygen atoms in total. The predicted octanol–water partition coefficient (Wildman–Crippen LogP) is 3.59. The van der Waals surface area contributed by atoms with Crippen LogP contribution in [0.1, 0.15) is 15.9 Å². The first kappa shape index (κ1) is 27.1. The van der Waals surface area contributed by atoms with Crippen molar-refractivity contribution in [1.82, 2.24) is 9.13 Å². The van der Waals surface area contributed by atoms with Gasteiger partial charge in [0.25, 0.3) is 33.6 Å². The van der Waals surface area contributed by atoms with Gasteiger partial charge in [0.2, 0.25) is 0 Å². The van der Waals surface area contributed by atoms with Crippen molar-refractivity contribution in [3.63, 3.8) is 0 Å². The minimum atomic E-state index is -1.05. The molecule has 0 amide bonds. The number of hydrogen-bond donors (Lipinski definition) is 0. The molecule has 0 saturated carbocycles. The SMILES string of the molecule is O=C(c1ccc(Cl)cc1)c1c2c(=O)n(-c3cccc([N+](=O)[O-])c3)c(=O)c2cc2c(=O)n(-c3cccc([N+](=O)[O-])c3)c(=O)c12. The third kappa shape index (κ3) is 4.14. The first-order valence-electron chi connectivity index (χ1n) is 12.3. The molecule has 0 bridgehead atoms. The monoisotopic (exact) mass is 596 g/mol. The molecule has 0 aliphatic rings. The molecule has 4 aromatic carbocycles. The highest BCUT2D eigenvalue weighted by atomic mass is 35.5. The van der Waals surface area contributed by atoms with Gasteiger partial charge >= 0.3 is 0 Å². The summed E-state index contributed by atoms with van der Waals surface area (Å²) in [5.41, 5.74) is -5.77. The number of carbonyl (C=O) groups is 1. The fourth-order valence-electron chi connectivity index (χ4n) is 5.05. The van der Waals surface area contributed by atoms with Crippen LogP contribution < -0.4 is 22.2 Å². The number of halogens is 1. The molecule has 43 heavy (non-hydrogen) atoms. The molecule has 0 N–H and O–H groups in total. The highest BCUT2D eigenvalue weighted by molar-refractivity contribution is 6.31. The van der Waals surface area contributed by atoms with Crippen LogP contribution in [0.25, 0.3) is 32.9 Å². The average Bonchev–Trinajstić information content (AvgIpc) is 3.40. The Hall–Kier alpha value is -6.08. The first-order valence-corrected chi connectivity index (χ1v) is 12.6. The Kier molecular flexibility index (Phi) is 6.17. The van der Waals surface area contributed by atoms with Crippen molar-refractivity contribution < 1.29 is 14.6 Å². The molecular formula is C29H13ClN4O9. The molecule has 14 heteroatoms. The van der Waals surface area contributed by atoms with Crippen molar-refractivity contribution in [2.75, 3.05) is 0 Å². The molecule has 2 aromatic heterocycles. The molecule has 6 rings (SSSR count). The summed E-state index contributed by atoms with van der Waals surface area (Å²) in [7, 11) is 0. The minimum Gasteiger partial charge on any atom is -0.289 e. The van der Waals surface area contributed by atoms with Gasteiger partial charge in [-0.05, 0) is 42.5 Å².